The first-order valence-corrected chi connectivity index (χ1v) is 6.40. The minimum absolute atomic E-state index is 0.208. The monoisotopic (exact) mass is 235 g/mol. The van der Waals surface area contributed by atoms with Crippen LogP contribution in [0.4, 0.5) is 0 Å². The van der Waals surface area contributed by atoms with Gasteiger partial charge in [-0.15, -0.1) is 0 Å². The Labute approximate surface area is 103 Å². The van der Waals surface area contributed by atoms with E-state index in [1.54, 1.807) is 12.1 Å². The highest BCUT2D eigenvalue weighted by Crippen LogP contribution is 2.23. The number of aromatic hydroxyl groups is 1. The second-order valence-corrected chi connectivity index (χ2v) is 4.85. The summed E-state index contributed by atoms with van der Waals surface area (Å²) in [6.07, 6.45) is 3.79. The Morgan fingerprint density at radius 2 is 2.18 bits per heavy atom. The Hall–Kier alpha value is -1.22. The zero-order valence-electron chi connectivity index (χ0n) is 10.4. The third kappa shape index (κ3) is 3.93. The van der Waals surface area contributed by atoms with E-state index in [0.717, 1.165) is 31.2 Å². The average molecular weight is 235 g/mol. The van der Waals surface area contributed by atoms with Gasteiger partial charge in [-0.2, -0.15) is 0 Å². The van der Waals surface area contributed by atoms with Crippen molar-refractivity contribution in [3.63, 3.8) is 0 Å². The normalized spacial score (nSPS) is 18.9. The standard InChI is InChI=1S/C14H21NO2/c1-11(9-12-5-7-15-8-6-12)17-14-4-2-3-13(16)10-14/h2-4,10-12,15-16H,5-9H2,1H3. The molecule has 3 nitrogen and oxygen atoms in total. The number of rotatable bonds is 4. The molecule has 1 saturated heterocycles. The lowest BCUT2D eigenvalue weighted by Crippen LogP contribution is -2.30. The van der Waals surface area contributed by atoms with Crippen molar-refractivity contribution in [2.45, 2.75) is 32.3 Å². The maximum atomic E-state index is 9.36. The number of phenolic OH excluding ortho intramolecular Hbond substituents is 1. The summed E-state index contributed by atoms with van der Waals surface area (Å²) in [7, 11) is 0. The van der Waals surface area contributed by atoms with Gasteiger partial charge in [0.2, 0.25) is 0 Å². The summed E-state index contributed by atoms with van der Waals surface area (Å²) < 4.78 is 5.82. The molecule has 1 atom stereocenters. The summed E-state index contributed by atoms with van der Waals surface area (Å²) in [5.74, 6) is 1.78. The Morgan fingerprint density at radius 3 is 2.88 bits per heavy atom. The highest BCUT2D eigenvalue weighted by molar-refractivity contribution is 5.31. The molecular formula is C14H21NO2. The fourth-order valence-corrected chi connectivity index (χ4v) is 2.42. The molecule has 94 valence electrons. The fourth-order valence-electron chi connectivity index (χ4n) is 2.42. The molecule has 0 saturated carbocycles. The summed E-state index contributed by atoms with van der Waals surface area (Å²) in [4.78, 5) is 0. The van der Waals surface area contributed by atoms with Gasteiger partial charge in [-0.05, 0) is 57.3 Å². The second kappa shape index (κ2) is 5.92. The molecular weight excluding hydrogens is 214 g/mol. The lowest BCUT2D eigenvalue weighted by atomic mass is 9.92. The molecule has 1 fully saturated rings. The predicted octanol–water partition coefficient (Wildman–Crippen LogP) is 2.55. The predicted molar refractivity (Wildman–Crippen MR) is 68.4 cm³/mol. The van der Waals surface area contributed by atoms with Crippen LogP contribution in [0.15, 0.2) is 24.3 Å². The molecule has 1 unspecified atom stereocenters. The van der Waals surface area contributed by atoms with Gasteiger partial charge in [0, 0.05) is 6.07 Å². The van der Waals surface area contributed by atoms with Crippen molar-refractivity contribution in [2.24, 2.45) is 5.92 Å². The van der Waals surface area contributed by atoms with Crippen molar-refractivity contribution >= 4 is 0 Å². The molecule has 1 aliphatic heterocycles. The van der Waals surface area contributed by atoms with Crippen molar-refractivity contribution in [3.8, 4) is 11.5 Å². The van der Waals surface area contributed by atoms with Crippen LogP contribution in [0.5, 0.6) is 11.5 Å². The highest BCUT2D eigenvalue weighted by Gasteiger charge is 2.17. The molecule has 0 bridgehead atoms. The summed E-state index contributed by atoms with van der Waals surface area (Å²) in [5, 5.41) is 12.7. The summed E-state index contributed by atoms with van der Waals surface area (Å²) in [6.45, 7) is 4.36. The number of hydrogen-bond acceptors (Lipinski definition) is 3. The summed E-state index contributed by atoms with van der Waals surface area (Å²) in [6, 6.07) is 7.02. The van der Waals surface area contributed by atoms with Gasteiger partial charge in [0.05, 0.1) is 6.10 Å². The lowest BCUT2D eigenvalue weighted by Gasteiger charge is -2.25. The van der Waals surface area contributed by atoms with Crippen LogP contribution in [-0.4, -0.2) is 24.3 Å². The molecule has 1 aromatic carbocycles. The van der Waals surface area contributed by atoms with E-state index in [0.29, 0.717) is 0 Å². The van der Waals surface area contributed by atoms with Crippen molar-refractivity contribution in [1.29, 1.82) is 0 Å². The maximum Gasteiger partial charge on any atom is 0.123 e. The number of ether oxygens (including phenoxy) is 1. The van der Waals surface area contributed by atoms with Crippen LogP contribution < -0.4 is 10.1 Å². The Balaban J connectivity index is 1.82. The topological polar surface area (TPSA) is 41.5 Å². The average Bonchev–Trinajstić information content (AvgIpc) is 2.30. The summed E-state index contributed by atoms with van der Waals surface area (Å²) in [5.41, 5.74) is 0. The SMILES string of the molecule is CC(CC1CCNCC1)Oc1cccc(O)c1. The van der Waals surface area contributed by atoms with E-state index < -0.39 is 0 Å². The van der Waals surface area contributed by atoms with E-state index in [1.165, 1.54) is 12.8 Å². The largest absolute Gasteiger partial charge is 0.508 e. The third-order valence-electron chi connectivity index (χ3n) is 3.28. The molecule has 2 rings (SSSR count). The minimum atomic E-state index is 0.208. The first-order valence-electron chi connectivity index (χ1n) is 6.40. The molecule has 2 N–H and O–H groups in total. The number of benzene rings is 1. The van der Waals surface area contributed by atoms with Crippen LogP contribution in [0.2, 0.25) is 0 Å². The smallest absolute Gasteiger partial charge is 0.123 e. The third-order valence-corrected chi connectivity index (χ3v) is 3.28. The molecule has 0 amide bonds. The van der Waals surface area contributed by atoms with Gasteiger partial charge in [0.1, 0.15) is 11.5 Å². The first-order chi connectivity index (χ1) is 8.24. The molecule has 0 spiro atoms. The van der Waals surface area contributed by atoms with Crippen molar-refractivity contribution < 1.29 is 9.84 Å². The molecule has 0 aliphatic carbocycles. The molecule has 3 heteroatoms. The summed E-state index contributed by atoms with van der Waals surface area (Å²) >= 11 is 0. The molecule has 17 heavy (non-hydrogen) atoms. The lowest BCUT2D eigenvalue weighted by molar-refractivity contribution is 0.171. The van der Waals surface area contributed by atoms with Gasteiger partial charge in [0.25, 0.3) is 0 Å². The van der Waals surface area contributed by atoms with Gasteiger partial charge in [-0.3, -0.25) is 0 Å². The maximum absolute atomic E-state index is 9.36. The zero-order valence-corrected chi connectivity index (χ0v) is 10.4. The quantitative estimate of drug-likeness (QED) is 0.842. The van der Waals surface area contributed by atoms with Crippen LogP contribution >= 0.6 is 0 Å². The molecule has 0 aromatic heterocycles. The van der Waals surface area contributed by atoms with E-state index in [1.807, 2.05) is 12.1 Å². The van der Waals surface area contributed by atoms with Crippen LogP contribution in [-0.2, 0) is 0 Å². The molecule has 1 heterocycles. The van der Waals surface area contributed by atoms with E-state index in [-0.39, 0.29) is 11.9 Å². The van der Waals surface area contributed by atoms with Crippen LogP contribution in [0.3, 0.4) is 0 Å². The van der Waals surface area contributed by atoms with Gasteiger partial charge in [-0.25, -0.2) is 0 Å². The van der Waals surface area contributed by atoms with Crippen molar-refractivity contribution in [3.05, 3.63) is 24.3 Å². The number of nitrogens with one attached hydrogen (secondary N) is 1. The molecule has 1 aromatic rings. The second-order valence-electron chi connectivity index (χ2n) is 4.85. The van der Waals surface area contributed by atoms with Gasteiger partial charge >= 0.3 is 0 Å². The Morgan fingerprint density at radius 1 is 1.41 bits per heavy atom. The molecule has 1 aliphatic rings. The van der Waals surface area contributed by atoms with Gasteiger partial charge in [-0.1, -0.05) is 6.07 Å². The van der Waals surface area contributed by atoms with Crippen LogP contribution in [0.1, 0.15) is 26.2 Å². The van der Waals surface area contributed by atoms with E-state index in [2.05, 4.69) is 12.2 Å². The number of hydrogen-bond donors (Lipinski definition) is 2. The van der Waals surface area contributed by atoms with Crippen molar-refractivity contribution in [1.82, 2.24) is 5.32 Å². The van der Waals surface area contributed by atoms with E-state index >= 15 is 0 Å². The first kappa shape index (κ1) is 12.2. The van der Waals surface area contributed by atoms with E-state index in [9.17, 15) is 5.11 Å². The Kier molecular flexibility index (Phi) is 4.26. The number of piperidine rings is 1. The molecule has 0 radical (unpaired) electrons. The minimum Gasteiger partial charge on any atom is -0.508 e. The highest BCUT2D eigenvalue weighted by atomic mass is 16.5. The van der Waals surface area contributed by atoms with E-state index in [4.69, 9.17) is 4.74 Å². The van der Waals surface area contributed by atoms with Crippen molar-refractivity contribution in [2.75, 3.05) is 13.1 Å². The van der Waals surface area contributed by atoms with Gasteiger partial charge < -0.3 is 15.2 Å². The fraction of sp³-hybridized carbons (Fsp3) is 0.571. The number of phenols is 1. The van der Waals surface area contributed by atoms with Crippen LogP contribution in [0, 0.1) is 5.92 Å². The zero-order chi connectivity index (χ0) is 12.1. The van der Waals surface area contributed by atoms with Crippen LogP contribution in [0.25, 0.3) is 0 Å². The Bertz CT molecular complexity index is 348. The van der Waals surface area contributed by atoms with Gasteiger partial charge in [0.15, 0.2) is 0 Å².